The van der Waals surface area contributed by atoms with Gasteiger partial charge in [-0.2, -0.15) is 0 Å². The summed E-state index contributed by atoms with van der Waals surface area (Å²) in [5.41, 5.74) is -1.29. The molecule has 5 heteroatoms. The van der Waals surface area contributed by atoms with Crippen molar-refractivity contribution in [3.63, 3.8) is 0 Å². The second kappa shape index (κ2) is 3.42. The van der Waals surface area contributed by atoms with Crippen LogP contribution in [0.15, 0.2) is 16.9 Å². The van der Waals surface area contributed by atoms with E-state index < -0.39 is 24.2 Å². The molecule has 1 aromatic heterocycles. The number of aromatic amines is 1. The Balaban J connectivity index is 3.15. The molecule has 0 aliphatic rings. The molecule has 0 radical (unpaired) electrons. The summed E-state index contributed by atoms with van der Waals surface area (Å²) in [6.07, 6.45) is -2.77. The molecule has 66 valence electrons. The topological polar surface area (TPSA) is 32.9 Å². The summed E-state index contributed by atoms with van der Waals surface area (Å²) in [5, 5.41) is 0. The van der Waals surface area contributed by atoms with E-state index in [0.29, 0.717) is 0 Å². The van der Waals surface area contributed by atoms with Gasteiger partial charge in [0.2, 0.25) is 0 Å². The zero-order chi connectivity index (χ0) is 9.14. The van der Waals surface area contributed by atoms with E-state index in [0.717, 1.165) is 12.1 Å². The van der Waals surface area contributed by atoms with Crippen LogP contribution < -0.4 is 5.43 Å². The molecule has 0 fully saturated rings. The molecule has 1 heterocycles. The van der Waals surface area contributed by atoms with Gasteiger partial charge in [0.1, 0.15) is 6.67 Å². The normalized spacial score (nSPS) is 10.7. The minimum atomic E-state index is -2.77. The SMILES string of the molecule is O=c1cc(CF)[nH]c(C(F)F)c1. The third-order valence-corrected chi connectivity index (χ3v) is 1.30. The maximum atomic E-state index is 12.0. The average Bonchev–Trinajstić information content (AvgIpc) is 2.03. The zero-order valence-electron chi connectivity index (χ0n) is 5.98. The molecule has 1 rings (SSSR count). The lowest BCUT2D eigenvalue weighted by molar-refractivity contribution is 0.145. The van der Waals surface area contributed by atoms with Gasteiger partial charge >= 0.3 is 0 Å². The van der Waals surface area contributed by atoms with Gasteiger partial charge in [0, 0.05) is 12.1 Å². The highest BCUT2D eigenvalue weighted by Gasteiger charge is 2.08. The van der Waals surface area contributed by atoms with Crippen LogP contribution >= 0.6 is 0 Å². The number of H-pyrrole nitrogens is 1. The maximum Gasteiger partial charge on any atom is 0.278 e. The fourth-order valence-electron chi connectivity index (χ4n) is 0.814. The van der Waals surface area contributed by atoms with E-state index in [1.807, 2.05) is 0 Å². The minimum Gasteiger partial charge on any atom is -0.355 e. The summed E-state index contributed by atoms with van der Waals surface area (Å²) in [6, 6.07) is 1.70. The van der Waals surface area contributed by atoms with E-state index in [1.165, 1.54) is 0 Å². The van der Waals surface area contributed by atoms with Crippen LogP contribution in [0, 0.1) is 0 Å². The highest BCUT2D eigenvalue weighted by Crippen LogP contribution is 2.14. The van der Waals surface area contributed by atoms with Gasteiger partial charge < -0.3 is 4.98 Å². The Morgan fingerprint density at radius 1 is 1.42 bits per heavy atom. The van der Waals surface area contributed by atoms with Gasteiger partial charge in [-0.25, -0.2) is 13.2 Å². The van der Waals surface area contributed by atoms with Crippen molar-refractivity contribution < 1.29 is 13.2 Å². The molecule has 0 aliphatic heterocycles. The van der Waals surface area contributed by atoms with E-state index in [-0.39, 0.29) is 5.69 Å². The number of halogens is 3. The molecule has 0 aromatic carbocycles. The molecule has 0 atom stereocenters. The molecule has 12 heavy (non-hydrogen) atoms. The quantitative estimate of drug-likeness (QED) is 0.733. The molecule has 0 amide bonds. The number of nitrogens with one attached hydrogen (secondary N) is 1. The zero-order valence-corrected chi connectivity index (χ0v) is 5.98. The molecular formula is C7H6F3NO. The van der Waals surface area contributed by atoms with Crippen molar-refractivity contribution in [3.05, 3.63) is 33.7 Å². The van der Waals surface area contributed by atoms with Crippen molar-refractivity contribution in [2.45, 2.75) is 13.1 Å². The number of rotatable bonds is 2. The van der Waals surface area contributed by atoms with Crippen LogP contribution in [0.1, 0.15) is 17.8 Å². The largest absolute Gasteiger partial charge is 0.355 e. The van der Waals surface area contributed by atoms with E-state index in [2.05, 4.69) is 4.98 Å². The first-order chi connectivity index (χ1) is 5.63. The number of pyridine rings is 1. The summed E-state index contributed by atoms with van der Waals surface area (Å²) < 4.78 is 35.9. The summed E-state index contributed by atoms with van der Waals surface area (Å²) in [5.74, 6) is 0. The Bertz CT molecular complexity index is 321. The van der Waals surface area contributed by atoms with E-state index in [9.17, 15) is 18.0 Å². The Labute approximate surface area is 66.0 Å². The van der Waals surface area contributed by atoms with E-state index >= 15 is 0 Å². The van der Waals surface area contributed by atoms with Crippen LogP contribution in [0.4, 0.5) is 13.2 Å². The lowest BCUT2D eigenvalue weighted by Gasteiger charge is -2.00. The van der Waals surface area contributed by atoms with Crippen molar-refractivity contribution in [2.75, 3.05) is 0 Å². The Morgan fingerprint density at radius 3 is 2.58 bits per heavy atom. The molecule has 1 aromatic rings. The fraction of sp³-hybridized carbons (Fsp3) is 0.286. The fourth-order valence-corrected chi connectivity index (χ4v) is 0.814. The van der Waals surface area contributed by atoms with Crippen molar-refractivity contribution in [3.8, 4) is 0 Å². The monoisotopic (exact) mass is 177 g/mol. The standard InChI is InChI=1S/C7H6F3NO/c8-3-4-1-5(12)2-6(11-4)7(9)10/h1-2,7H,3H2,(H,11,12). The van der Waals surface area contributed by atoms with Crippen LogP contribution in [0.2, 0.25) is 0 Å². The van der Waals surface area contributed by atoms with Crippen molar-refractivity contribution in [1.82, 2.24) is 4.98 Å². The van der Waals surface area contributed by atoms with Gasteiger partial charge in [-0.1, -0.05) is 0 Å². The van der Waals surface area contributed by atoms with Crippen LogP contribution in [0.25, 0.3) is 0 Å². The van der Waals surface area contributed by atoms with E-state index in [1.54, 1.807) is 0 Å². The molecule has 0 aliphatic carbocycles. The number of alkyl halides is 3. The first kappa shape index (κ1) is 8.83. The van der Waals surface area contributed by atoms with Crippen molar-refractivity contribution >= 4 is 0 Å². The first-order valence-corrected chi connectivity index (χ1v) is 3.20. The van der Waals surface area contributed by atoms with Gasteiger partial charge in [-0.05, 0) is 0 Å². The van der Waals surface area contributed by atoms with Crippen LogP contribution in [-0.2, 0) is 6.67 Å². The molecule has 0 spiro atoms. The van der Waals surface area contributed by atoms with Gasteiger partial charge in [0.05, 0.1) is 11.4 Å². The van der Waals surface area contributed by atoms with Crippen molar-refractivity contribution in [2.24, 2.45) is 0 Å². The summed E-state index contributed by atoms with van der Waals surface area (Å²) >= 11 is 0. The highest BCUT2D eigenvalue weighted by atomic mass is 19.3. The molecule has 0 saturated heterocycles. The number of hydrogen-bond acceptors (Lipinski definition) is 1. The molecule has 0 unspecified atom stereocenters. The number of hydrogen-bond donors (Lipinski definition) is 1. The Kier molecular flexibility index (Phi) is 2.52. The van der Waals surface area contributed by atoms with Crippen LogP contribution in [-0.4, -0.2) is 4.98 Å². The van der Waals surface area contributed by atoms with Gasteiger partial charge in [-0.3, -0.25) is 4.79 Å². The molecule has 0 saturated carbocycles. The summed E-state index contributed by atoms with van der Waals surface area (Å²) in [6.45, 7) is -0.949. The number of aromatic nitrogens is 1. The second-order valence-electron chi connectivity index (χ2n) is 2.23. The van der Waals surface area contributed by atoms with Gasteiger partial charge in [0.15, 0.2) is 5.43 Å². The van der Waals surface area contributed by atoms with Gasteiger partial charge in [0.25, 0.3) is 6.43 Å². The minimum absolute atomic E-state index is 0.127. The predicted molar refractivity (Wildman–Crippen MR) is 36.8 cm³/mol. The third kappa shape index (κ3) is 1.87. The second-order valence-corrected chi connectivity index (χ2v) is 2.23. The summed E-state index contributed by atoms with van der Waals surface area (Å²) in [4.78, 5) is 12.8. The highest BCUT2D eigenvalue weighted by molar-refractivity contribution is 5.11. The molecular weight excluding hydrogens is 171 g/mol. The first-order valence-electron chi connectivity index (χ1n) is 3.20. The average molecular weight is 177 g/mol. The molecule has 1 N–H and O–H groups in total. The smallest absolute Gasteiger partial charge is 0.278 e. The predicted octanol–water partition coefficient (Wildman–Crippen LogP) is 1.78. The maximum absolute atomic E-state index is 12.0. The van der Waals surface area contributed by atoms with Crippen molar-refractivity contribution in [1.29, 1.82) is 0 Å². The lowest BCUT2D eigenvalue weighted by Crippen LogP contribution is -2.05. The van der Waals surface area contributed by atoms with Crippen LogP contribution in [0.3, 0.4) is 0 Å². The Hall–Kier alpha value is -1.26. The van der Waals surface area contributed by atoms with E-state index in [4.69, 9.17) is 0 Å². The Morgan fingerprint density at radius 2 is 2.08 bits per heavy atom. The third-order valence-electron chi connectivity index (χ3n) is 1.30. The lowest BCUT2D eigenvalue weighted by atomic mass is 10.3. The molecule has 2 nitrogen and oxygen atoms in total. The van der Waals surface area contributed by atoms with Gasteiger partial charge in [-0.15, -0.1) is 0 Å². The molecule has 0 bridgehead atoms. The van der Waals surface area contributed by atoms with Crippen LogP contribution in [0.5, 0.6) is 0 Å². The summed E-state index contributed by atoms with van der Waals surface area (Å²) in [7, 11) is 0.